The van der Waals surface area contributed by atoms with Gasteiger partial charge in [-0.2, -0.15) is 0 Å². The zero-order valence-corrected chi connectivity index (χ0v) is 10.2. The molecule has 1 aromatic carbocycles. The average Bonchev–Trinajstić information content (AvgIpc) is 1.86. The number of hydrogen-bond donors (Lipinski definition) is 1. The molecule has 0 atom stereocenters. The van der Waals surface area contributed by atoms with Crippen LogP contribution in [-0.2, 0) is 10.1 Å². The van der Waals surface area contributed by atoms with Gasteiger partial charge in [0.1, 0.15) is 15.9 Å². The second-order valence-electron chi connectivity index (χ2n) is 1.92. The summed E-state index contributed by atoms with van der Waals surface area (Å²) >= 11 is 0. The summed E-state index contributed by atoms with van der Waals surface area (Å²) in [4.78, 5) is -0.583. The summed E-state index contributed by atoms with van der Waals surface area (Å²) in [6, 6.07) is 5.00. The van der Waals surface area contributed by atoms with Crippen LogP contribution in [0.4, 0.5) is 0 Å². The number of benzene rings is 1. The maximum absolute atomic E-state index is 10.3. The minimum atomic E-state index is -4.53. The van der Waals surface area contributed by atoms with Crippen LogP contribution in [0.1, 0.15) is 0 Å². The van der Waals surface area contributed by atoms with E-state index in [0.717, 1.165) is 12.1 Å². The van der Waals surface area contributed by atoms with E-state index < -0.39 is 20.8 Å². The first-order valence-electron chi connectivity index (χ1n) is 2.76. The Bertz CT molecular complexity index is 362. The summed E-state index contributed by atoms with van der Waals surface area (Å²) < 4.78 is 31.0. The van der Waals surface area contributed by atoms with Gasteiger partial charge in [-0.05, 0) is 12.1 Å². The van der Waals surface area contributed by atoms with Gasteiger partial charge in [-0.15, -0.1) is 0 Å². The molecule has 14 heavy (non-hydrogen) atoms. The van der Waals surface area contributed by atoms with Crippen molar-refractivity contribution in [2.45, 2.75) is 4.90 Å². The molecular weight excluding hydrogens is 223 g/mol. The Labute approximate surface area is 103 Å². The van der Waals surface area contributed by atoms with Crippen molar-refractivity contribution in [1.82, 2.24) is 0 Å². The van der Waals surface area contributed by atoms with E-state index in [1.165, 1.54) is 12.1 Å². The normalized spacial score (nSPS) is 8.93. The van der Waals surface area contributed by atoms with Gasteiger partial charge in [0.2, 0.25) is 0 Å². The fourth-order valence-electron chi connectivity index (χ4n) is 0.669. The first-order valence-corrected chi connectivity index (χ1v) is 4.16. The molecule has 0 spiro atoms. The molecule has 0 aliphatic carbocycles. The summed E-state index contributed by atoms with van der Waals surface area (Å²) in [5, 5.41) is 8.87. The standard InChI is InChI=1S/C6H6O4S.Na.2H2O/c7-5-3-1-2-4-6(5)11(8,9)10;;;/h1-4,7H,(H,8,9,10);;2*1H2/q;+1;;/p-1. The molecular formula is C6H9NaO6S. The van der Waals surface area contributed by atoms with Crippen LogP contribution in [0.5, 0.6) is 5.75 Å². The molecule has 0 unspecified atom stereocenters. The smallest absolute Gasteiger partial charge is 0.744 e. The molecule has 6 nitrogen and oxygen atoms in total. The molecule has 8 heteroatoms. The summed E-state index contributed by atoms with van der Waals surface area (Å²) in [6.45, 7) is 0. The van der Waals surface area contributed by atoms with Crippen molar-refractivity contribution in [3.63, 3.8) is 0 Å². The van der Waals surface area contributed by atoms with Crippen LogP contribution in [0.15, 0.2) is 29.2 Å². The van der Waals surface area contributed by atoms with Crippen molar-refractivity contribution in [3.8, 4) is 5.75 Å². The molecule has 5 N–H and O–H groups in total. The number of phenols is 1. The molecule has 0 radical (unpaired) electrons. The second-order valence-corrected chi connectivity index (χ2v) is 3.27. The van der Waals surface area contributed by atoms with E-state index in [2.05, 4.69) is 0 Å². The SMILES string of the molecule is O.O.O=S(=O)([O-])c1ccccc1O.[Na+]. The van der Waals surface area contributed by atoms with E-state index in [0.29, 0.717) is 0 Å². The van der Waals surface area contributed by atoms with Gasteiger partial charge in [-0.1, -0.05) is 12.1 Å². The van der Waals surface area contributed by atoms with Crippen molar-refractivity contribution < 1.29 is 58.6 Å². The molecule has 0 amide bonds. The quantitative estimate of drug-likeness (QED) is 0.385. The number of rotatable bonds is 1. The molecule has 0 heterocycles. The van der Waals surface area contributed by atoms with E-state index in [1.54, 1.807) is 0 Å². The average molecular weight is 232 g/mol. The molecule has 0 bridgehead atoms. The summed E-state index contributed by atoms with van der Waals surface area (Å²) in [5.41, 5.74) is 0. The van der Waals surface area contributed by atoms with Gasteiger partial charge in [-0.25, -0.2) is 8.42 Å². The van der Waals surface area contributed by atoms with Crippen LogP contribution >= 0.6 is 0 Å². The summed E-state index contributed by atoms with van der Waals surface area (Å²) in [5.74, 6) is -0.512. The summed E-state index contributed by atoms with van der Waals surface area (Å²) in [7, 11) is -4.53. The van der Waals surface area contributed by atoms with Gasteiger partial charge < -0.3 is 20.6 Å². The van der Waals surface area contributed by atoms with E-state index in [9.17, 15) is 13.0 Å². The Morgan fingerprint density at radius 2 is 1.57 bits per heavy atom. The second kappa shape index (κ2) is 7.18. The van der Waals surface area contributed by atoms with E-state index >= 15 is 0 Å². The molecule has 0 aliphatic heterocycles. The van der Waals surface area contributed by atoms with Crippen LogP contribution in [0.25, 0.3) is 0 Å². The molecule has 0 aliphatic rings. The Balaban J connectivity index is -0.000000403. The monoisotopic (exact) mass is 232 g/mol. The van der Waals surface area contributed by atoms with Gasteiger partial charge in [0, 0.05) is 0 Å². The molecule has 1 rings (SSSR count). The maximum atomic E-state index is 10.3. The largest absolute Gasteiger partial charge is 1.00 e. The first kappa shape index (κ1) is 19.4. The first-order chi connectivity index (χ1) is 5.02. The Morgan fingerprint density at radius 1 is 1.14 bits per heavy atom. The molecule has 1 aromatic rings. The van der Waals surface area contributed by atoms with E-state index in [1.807, 2.05) is 0 Å². The van der Waals surface area contributed by atoms with E-state index in [4.69, 9.17) is 5.11 Å². The van der Waals surface area contributed by atoms with Crippen LogP contribution < -0.4 is 29.6 Å². The van der Waals surface area contributed by atoms with Gasteiger partial charge in [-0.3, -0.25) is 0 Å². The maximum Gasteiger partial charge on any atom is 1.00 e. The Kier molecular flexibility index (Phi) is 9.97. The van der Waals surface area contributed by atoms with Crippen molar-refractivity contribution in [3.05, 3.63) is 24.3 Å². The molecule has 0 saturated heterocycles. The van der Waals surface area contributed by atoms with Gasteiger partial charge in [0.05, 0.1) is 4.90 Å². The third-order valence-electron chi connectivity index (χ3n) is 1.13. The summed E-state index contributed by atoms with van der Waals surface area (Å²) in [6.07, 6.45) is 0. The Hall–Kier alpha value is -0.150. The van der Waals surface area contributed by atoms with Gasteiger partial charge >= 0.3 is 29.6 Å². The van der Waals surface area contributed by atoms with Crippen molar-refractivity contribution >= 4 is 10.1 Å². The third kappa shape index (κ3) is 4.91. The van der Waals surface area contributed by atoms with Gasteiger partial charge in [0.25, 0.3) is 0 Å². The predicted molar refractivity (Wildman–Crippen MR) is 43.3 cm³/mol. The van der Waals surface area contributed by atoms with Gasteiger partial charge in [0.15, 0.2) is 0 Å². The minimum Gasteiger partial charge on any atom is -0.744 e. The number of hydrogen-bond acceptors (Lipinski definition) is 4. The number of para-hydroxylation sites is 1. The molecule has 0 aromatic heterocycles. The van der Waals surface area contributed by atoms with Crippen molar-refractivity contribution in [2.24, 2.45) is 0 Å². The number of aromatic hydroxyl groups is 1. The fraction of sp³-hybridized carbons (Fsp3) is 0. The minimum absolute atomic E-state index is 0. The Morgan fingerprint density at radius 3 is 1.86 bits per heavy atom. The van der Waals surface area contributed by atoms with E-state index in [-0.39, 0.29) is 40.5 Å². The topological polar surface area (TPSA) is 140 Å². The van der Waals surface area contributed by atoms with Crippen molar-refractivity contribution in [2.75, 3.05) is 0 Å². The zero-order chi connectivity index (χ0) is 8.48. The zero-order valence-electron chi connectivity index (χ0n) is 7.39. The number of phenolic OH excluding ortho intramolecular Hbond substituents is 1. The van der Waals surface area contributed by atoms with Crippen LogP contribution in [0.3, 0.4) is 0 Å². The molecule has 76 valence electrons. The molecule has 0 fully saturated rings. The third-order valence-corrected chi connectivity index (χ3v) is 2.02. The van der Waals surface area contributed by atoms with Crippen molar-refractivity contribution in [1.29, 1.82) is 0 Å². The predicted octanol–water partition coefficient (Wildman–Crippen LogP) is -4.35. The molecule has 0 saturated carbocycles. The van der Waals surface area contributed by atoms with Crippen LogP contribution in [-0.4, -0.2) is 29.0 Å². The van der Waals surface area contributed by atoms with Crippen LogP contribution in [0.2, 0.25) is 0 Å². The fourth-order valence-corrected chi connectivity index (χ4v) is 1.24. The van der Waals surface area contributed by atoms with Crippen LogP contribution in [0, 0.1) is 0 Å².